The zero-order valence-electron chi connectivity index (χ0n) is 10.8. The Kier molecular flexibility index (Phi) is 2.71. The third-order valence-electron chi connectivity index (χ3n) is 3.18. The summed E-state index contributed by atoms with van der Waals surface area (Å²) >= 11 is 0. The molecule has 0 aliphatic rings. The lowest BCUT2D eigenvalue weighted by molar-refractivity contribution is 0.451. The van der Waals surface area contributed by atoms with E-state index >= 15 is 0 Å². The summed E-state index contributed by atoms with van der Waals surface area (Å²) in [6, 6.07) is 11.5. The zero-order chi connectivity index (χ0) is 14.3. The molecule has 0 bridgehead atoms. The van der Waals surface area contributed by atoms with Gasteiger partial charge in [0.05, 0.1) is 10.9 Å². The van der Waals surface area contributed by atoms with Gasteiger partial charge in [-0.2, -0.15) is 0 Å². The van der Waals surface area contributed by atoms with Gasteiger partial charge < -0.3 is 14.6 Å². The molecule has 4 heteroatoms. The lowest BCUT2D eigenvalue weighted by atomic mass is 10.0. The summed E-state index contributed by atoms with van der Waals surface area (Å²) in [5.74, 6) is -0.279. The number of aromatic hydroxyl groups is 2. The van der Waals surface area contributed by atoms with E-state index in [9.17, 15) is 15.0 Å². The Morgan fingerprint density at radius 1 is 1.00 bits per heavy atom. The molecule has 0 atom stereocenters. The van der Waals surface area contributed by atoms with Crippen LogP contribution in [-0.2, 0) is 0 Å². The molecule has 0 unspecified atom stereocenters. The molecule has 0 radical (unpaired) electrons. The third-order valence-corrected chi connectivity index (χ3v) is 3.18. The first kappa shape index (κ1) is 12.3. The maximum absolute atomic E-state index is 12.0. The van der Waals surface area contributed by atoms with Crippen molar-refractivity contribution in [2.24, 2.45) is 0 Å². The molecule has 0 spiro atoms. The van der Waals surface area contributed by atoms with Crippen molar-refractivity contribution in [2.45, 2.75) is 6.92 Å². The van der Waals surface area contributed by atoms with E-state index in [0.717, 1.165) is 11.1 Å². The molecule has 2 aromatic carbocycles. The molecule has 0 fully saturated rings. The number of rotatable bonds is 1. The predicted molar refractivity (Wildman–Crippen MR) is 76.0 cm³/mol. The van der Waals surface area contributed by atoms with Gasteiger partial charge in [0.2, 0.25) is 0 Å². The van der Waals surface area contributed by atoms with Crippen LogP contribution in [0.4, 0.5) is 0 Å². The highest BCUT2D eigenvalue weighted by atomic mass is 16.4. The van der Waals surface area contributed by atoms with Gasteiger partial charge in [0, 0.05) is 12.1 Å². The van der Waals surface area contributed by atoms with Crippen LogP contribution >= 0.6 is 0 Å². The quantitative estimate of drug-likeness (QED) is 0.665. The van der Waals surface area contributed by atoms with Crippen molar-refractivity contribution in [2.75, 3.05) is 0 Å². The molecule has 100 valence electrons. The fraction of sp³-hybridized carbons (Fsp3) is 0.0625. The fourth-order valence-corrected chi connectivity index (χ4v) is 2.12. The van der Waals surface area contributed by atoms with Crippen LogP contribution in [0.5, 0.6) is 11.5 Å². The first-order valence-corrected chi connectivity index (χ1v) is 6.11. The Morgan fingerprint density at radius 2 is 1.70 bits per heavy atom. The third kappa shape index (κ3) is 2.01. The van der Waals surface area contributed by atoms with Crippen LogP contribution in [0.1, 0.15) is 5.56 Å². The maximum Gasteiger partial charge on any atom is 0.344 e. The van der Waals surface area contributed by atoms with E-state index in [1.165, 1.54) is 12.1 Å². The second kappa shape index (κ2) is 4.42. The Bertz CT molecular complexity index is 845. The van der Waals surface area contributed by atoms with E-state index in [4.69, 9.17) is 4.42 Å². The van der Waals surface area contributed by atoms with Gasteiger partial charge in [0.1, 0.15) is 17.1 Å². The molecular weight excluding hydrogens is 256 g/mol. The van der Waals surface area contributed by atoms with Crippen molar-refractivity contribution in [1.29, 1.82) is 0 Å². The van der Waals surface area contributed by atoms with Crippen LogP contribution in [-0.4, -0.2) is 10.2 Å². The van der Waals surface area contributed by atoms with E-state index in [0.29, 0.717) is 10.9 Å². The van der Waals surface area contributed by atoms with Gasteiger partial charge in [-0.3, -0.25) is 0 Å². The summed E-state index contributed by atoms with van der Waals surface area (Å²) in [5, 5.41) is 19.6. The number of phenols is 2. The highest BCUT2D eigenvalue weighted by Crippen LogP contribution is 2.31. The largest absolute Gasteiger partial charge is 0.508 e. The molecule has 1 aromatic heterocycles. The van der Waals surface area contributed by atoms with Gasteiger partial charge in [-0.25, -0.2) is 4.79 Å². The summed E-state index contributed by atoms with van der Waals surface area (Å²) in [4.78, 5) is 12.0. The van der Waals surface area contributed by atoms with E-state index < -0.39 is 5.63 Å². The molecule has 0 aliphatic heterocycles. The van der Waals surface area contributed by atoms with Gasteiger partial charge in [0.15, 0.2) is 0 Å². The number of phenolic OH excluding ortho intramolecular Hbond substituents is 2. The van der Waals surface area contributed by atoms with Crippen molar-refractivity contribution in [1.82, 2.24) is 0 Å². The van der Waals surface area contributed by atoms with Gasteiger partial charge in [-0.15, -0.1) is 0 Å². The predicted octanol–water partition coefficient (Wildman–Crippen LogP) is 3.18. The molecule has 1 heterocycles. The second-order valence-corrected chi connectivity index (χ2v) is 4.69. The topological polar surface area (TPSA) is 70.7 Å². The molecule has 3 rings (SSSR count). The van der Waals surface area contributed by atoms with E-state index in [-0.39, 0.29) is 17.1 Å². The molecular formula is C16H12O4. The molecule has 0 aliphatic carbocycles. The second-order valence-electron chi connectivity index (χ2n) is 4.69. The molecule has 0 saturated heterocycles. The van der Waals surface area contributed by atoms with Crippen molar-refractivity contribution in [3.8, 4) is 22.6 Å². The number of aryl methyl sites for hydroxylation is 1. The first-order valence-electron chi connectivity index (χ1n) is 6.11. The molecule has 0 saturated carbocycles. The van der Waals surface area contributed by atoms with Crippen LogP contribution < -0.4 is 5.63 Å². The number of hydrogen-bond acceptors (Lipinski definition) is 4. The summed E-state index contributed by atoms with van der Waals surface area (Å²) in [7, 11) is 0. The van der Waals surface area contributed by atoms with Crippen molar-refractivity contribution in [3.63, 3.8) is 0 Å². The van der Waals surface area contributed by atoms with E-state index in [1.54, 1.807) is 6.07 Å². The van der Waals surface area contributed by atoms with Gasteiger partial charge in [-0.1, -0.05) is 29.8 Å². The SMILES string of the molecule is Cc1ccc(-c2cc3c(O)cc(O)cc3oc2=O)cc1. The van der Waals surface area contributed by atoms with Crippen molar-refractivity contribution >= 4 is 11.0 Å². The first-order chi connectivity index (χ1) is 9.54. The van der Waals surface area contributed by atoms with Crippen LogP contribution in [0, 0.1) is 6.92 Å². The number of hydrogen-bond donors (Lipinski definition) is 2. The minimum atomic E-state index is -0.508. The monoisotopic (exact) mass is 268 g/mol. The Hall–Kier alpha value is -2.75. The van der Waals surface area contributed by atoms with E-state index in [1.807, 2.05) is 31.2 Å². The molecule has 0 amide bonds. The number of fused-ring (bicyclic) bond motifs is 1. The Labute approximate surface area is 114 Å². The average molecular weight is 268 g/mol. The van der Waals surface area contributed by atoms with Gasteiger partial charge >= 0.3 is 5.63 Å². The normalized spacial score (nSPS) is 10.8. The molecule has 3 aromatic rings. The van der Waals surface area contributed by atoms with E-state index in [2.05, 4.69) is 0 Å². The van der Waals surface area contributed by atoms with Crippen molar-refractivity contribution < 1.29 is 14.6 Å². The zero-order valence-corrected chi connectivity index (χ0v) is 10.8. The van der Waals surface area contributed by atoms with Crippen LogP contribution in [0.2, 0.25) is 0 Å². The standard InChI is InChI=1S/C16H12O4/c1-9-2-4-10(5-3-9)12-8-13-14(18)6-11(17)7-15(13)20-16(12)19/h2-8,17-18H,1H3. The average Bonchev–Trinajstić information content (AvgIpc) is 2.39. The van der Waals surface area contributed by atoms with Crippen LogP contribution in [0.15, 0.2) is 51.7 Å². The maximum atomic E-state index is 12.0. The summed E-state index contributed by atoms with van der Waals surface area (Å²) in [6.45, 7) is 1.96. The summed E-state index contributed by atoms with van der Waals surface area (Å²) in [6.07, 6.45) is 0. The molecule has 2 N–H and O–H groups in total. The minimum absolute atomic E-state index is 0.128. The summed E-state index contributed by atoms with van der Waals surface area (Å²) < 4.78 is 5.16. The lowest BCUT2D eigenvalue weighted by Gasteiger charge is -2.05. The summed E-state index contributed by atoms with van der Waals surface area (Å²) in [5.41, 5.74) is 1.83. The lowest BCUT2D eigenvalue weighted by Crippen LogP contribution is -2.02. The fourth-order valence-electron chi connectivity index (χ4n) is 2.12. The number of benzene rings is 2. The smallest absolute Gasteiger partial charge is 0.344 e. The van der Waals surface area contributed by atoms with Gasteiger partial charge in [-0.05, 0) is 18.6 Å². The van der Waals surface area contributed by atoms with Crippen LogP contribution in [0.3, 0.4) is 0 Å². The molecule has 4 nitrogen and oxygen atoms in total. The highest BCUT2D eigenvalue weighted by Gasteiger charge is 2.11. The Morgan fingerprint density at radius 3 is 2.40 bits per heavy atom. The van der Waals surface area contributed by atoms with Gasteiger partial charge in [0.25, 0.3) is 0 Å². The molecule has 20 heavy (non-hydrogen) atoms. The minimum Gasteiger partial charge on any atom is -0.508 e. The van der Waals surface area contributed by atoms with Crippen LogP contribution in [0.25, 0.3) is 22.1 Å². The Balaban J connectivity index is 2.29. The highest BCUT2D eigenvalue weighted by molar-refractivity contribution is 5.88. The van der Waals surface area contributed by atoms with Crippen molar-refractivity contribution in [3.05, 3.63) is 58.4 Å².